The molecule has 0 spiro atoms. The van der Waals surface area contributed by atoms with Crippen molar-refractivity contribution in [1.29, 1.82) is 0 Å². The van der Waals surface area contributed by atoms with E-state index in [0.29, 0.717) is 5.92 Å². The summed E-state index contributed by atoms with van der Waals surface area (Å²) >= 11 is 0. The Morgan fingerprint density at radius 2 is 2.12 bits per heavy atom. The number of nitrogens with zero attached hydrogens (tertiary/aromatic N) is 1. The minimum absolute atomic E-state index is 0.0104. The highest BCUT2D eigenvalue weighted by Gasteiger charge is 2.27. The zero-order valence-electron chi connectivity index (χ0n) is 9.06. The van der Waals surface area contributed by atoms with Crippen molar-refractivity contribution in [3.8, 4) is 0 Å². The number of hydrogen-bond donors (Lipinski definition) is 1. The molecule has 4 heteroatoms. The molecule has 16 heavy (non-hydrogen) atoms. The smallest absolute Gasteiger partial charge is 0.338 e. The summed E-state index contributed by atoms with van der Waals surface area (Å²) in [5.41, 5.74) is 0.970. The number of Topliss-reactive ketones (excluding diaryl/α,β-unsaturated/α-hetero) is 1. The van der Waals surface area contributed by atoms with Crippen LogP contribution in [0, 0.1) is 0 Å². The fourth-order valence-electron chi connectivity index (χ4n) is 1.63. The van der Waals surface area contributed by atoms with Crippen LogP contribution in [0.1, 0.15) is 58.6 Å². The highest BCUT2D eigenvalue weighted by atomic mass is 16.4. The number of carbonyl (C=O) groups is 2. The van der Waals surface area contributed by atoms with Gasteiger partial charge in [-0.05, 0) is 25.0 Å². The summed E-state index contributed by atoms with van der Waals surface area (Å²) in [5.74, 6) is -0.877. The van der Waals surface area contributed by atoms with Gasteiger partial charge in [0.2, 0.25) is 0 Å². The molecule has 1 aliphatic carbocycles. The molecule has 0 atom stereocenters. The van der Waals surface area contributed by atoms with E-state index >= 15 is 0 Å². The number of pyridine rings is 1. The van der Waals surface area contributed by atoms with Gasteiger partial charge in [-0.15, -0.1) is 0 Å². The Balaban J connectivity index is 2.45. The Labute approximate surface area is 93.3 Å². The van der Waals surface area contributed by atoms with Crippen LogP contribution in [0.5, 0.6) is 0 Å². The Kier molecular flexibility index (Phi) is 2.73. The van der Waals surface area contributed by atoms with Crippen LogP contribution in [0.3, 0.4) is 0 Å². The molecule has 1 aliphatic rings. The van der Waals surface area contributed by atoms with Crippen LogP contribution >= 0.6 is 0 Å². The van der Waals surface area contributed by atoms with Crippen LogP contribution in [0.25, 0.3) is 0 Å². The molecule has 1 fully saturated rings. The third-order valence-electron chi connectivity index (χ3n) is 2.73. The van der Waals surface area contributed by atoms with Crippen molar-refractivity contribution in [2.45, 2.75) is 32.1 Å². The van der Waals surface area contributed by atoms with Gasteiger partial charge in [0.1, 0.15) is 5.69 Å². The first-order chi connectivity index (χ1) is 7.63. The fraction of sp³-hybridized carbons (Fsp3) is 0.417. The maximum atomic E-state index is 11.6. The second-order valence-corrected chi connectivity index (χ2v) is 3.99. The number of carboxylic acid groups (broad SMARTS) is 1. The predicted molar refractivity (Wildman–Crippen MR) is 57.8 cm³/mol. The van der Waals surface area contributed by atoms with Gasteiger partial charge in [0.25, 0.3) is 0 Å². The van der Waals surface area contributed by atoms with Crippen molar-refractivity contribution >= 4 is 11.8 Å². The fourth-order valence-corrected chi connectivity index (χ4v) is 1.63. The van der Waals surface area contributed by atoms with Gasteiger partial charge < -0.3 is 5.11 Å². The van der Waals surface area contributed by atoms with Crippen molar-refractivity contribution in [3.05, 3.63) is 29.1 Å². The van der Waals surface area contributed by atoms with Crippen LogP contribution in [0.15, 0.2) is 12.1 Å². The molecule has 0 aromatic carbocycles. The van der Waals surface area contributed by atoms with E-state index in [-0.39, 0.29) is 23.5 Å². The summed E-state index contributed by atoms with van der Waals surface area (Å²) in [6.07, 6.45) is 2.44. The van der Waals surface area contributed by atoms with Crippen molar-refractivity contribution in [2.24, 2.45) is 0 Å². The normalized spacial score (nSPS) is 14.8. The van der Waals surface area contributed by atoms with Gasteiger partial charge in [-0.2, -0.15) is 0 Å². The molecule has 0 radical (unpaired) electrons. The van der Waals surface area contributed by atoms with E-state index in [1.807, 2.05) is 0 Å². The minimum atomic E-state index is -1.09. The summed E-state index contributed by atoms with van der Waals surface area (Å²) in [7, 11) is 0. The lowest BCUT2D eigenvalue weighted by Gasteiger charge is -2.05. The summed E-state index contributed by atoms with van der Waals surface area (Å²) < 4.78 is 0. The molecule has 1 heterocycles. The molecule has 1 aromatic rings. The average Bonchev–Trinajstić information content (AvgIpc) is 3.11. The summed E-state index contributed by atoms with van der Waals surface area (Å²) in [5, 5.41) is 8.96. The van der Waals surface area contributed by atoms with Crippen LogP contribution in [-0.2, 0) is 0 Å². The molecule has 2 rings (SSSR count). The van der Waals surface area contributed by atoms with Gasteiger partial charge in [-0.25, -0.2) is 9.78 Å². The number of carbonyl (C=O) groups excluding carboxylic acids is 1. The van der Waals surface area contributed by atoms with E-state index in [1.54, 1.807) is 13.0 Å². The molecule has 1 saturated carbocycles. The molecule has 0 amide bonds. The third kappa shape index (κ3) is 1.96. The number of carboxylic acids is 1. The molecule has 1 N–H and O–H groups in total. The number of rotatable bonds is 4. The number of aromatic nitrogens is 1. The van der Waals surface area contributed by atoms with E-state index in [1.165, 1.54) is 6.07 Å². The Bertz CT molecular complexity index is 450. The van der Waals surface area contributed by atoms with Gasteiger partial charge in [-0.3, -0.25) is 4.79 Å². The van der Waals surface area contributed by atoms with E-state index < -0.39 is 5.97 Å². The van der Waals surface area contributed by atoms with Crippen LogP contribution in [0.4, 0.5) is 0 Å². The topological polar surface area (TPSA) is 67.3 Å². The summed E-state index contributed by atoms with van der Waals surface area (Å²) in [4.78, 5) is 26.8. The SMILES string of the molecule is CCC(=O)c1nc(C2CC2)ccc1C(=O)O. The number of hydrogen-bond acceptors (Lipinski definition) is 3. The first-order valence-electron chi connectivity index (χ1n) is 5.41. The number of ketones is 1. The molecule has 0 aliphatic heterocycles. The van der Waals surface area contributed by atoms with Crippen molar-refractivity contribution in [3.63, 3.8) is 0 Å². The van der Waals surface area contributed by atoms with Gasteiger partial charge in [0.15, 0.2) is 5.78 Å². The summed E-state index contributed by atoms with van der Waals surface area (Å²) in [6.45, 7) is 1.71. The molecule has 1 aromatic heterocycles. The molecule has 0 saturated heterocycles. The largest absolute Gasteiger partial charge is 0.478 e. The lowest BCUT2D eigenvalue weighted by Crippen LogP contribution is -2.11. The number of aromatic carboxylic acids is 1. The maximum Gasteiger partial charge on any atom is 0.338 e. The first-order valence-corrected chi connectivity index (χ1v) is 5.41. The van der Waals surface area contributed by atoms with Gasteiger partial charge in [0, 0.05) is 18.0 Å². The zero-order valence-corrected chi connectivity index (χ0v) is 9.06. The molecule has 0 unspecified atom stereocenters. The molecule has 0 bridgehead atoms. The lowest BCUT2D eigenvalue weighted by molar-refractivity contribution is 0.0691. The Morgan fingerprint density at radius 1 is 1.44 bits per heavy atom. The molecule has 84 valence electrons. The molecular weight excluding hydrogens is 206 g/mol. The predicted octanol–water partition coefficient (Wildman–Crippen LogP) is 2.25. The monoisotopic (exact) mass is 219 g/mol. The molecular formula is C12H13NO3. The molecule has 4 nitrogen and oxygen atoms in total. The van der Waals surface area contributed by atoms with E-state index in [0.717, 1.165) is 18.5 Å². The van der Waals surface area contributed by atoms with Crippen LogP contribution in [-0.4, -0.2) is 21.8 Å². The van der Waals surface area contributed by atoms with Crippen LogP contribution in [0.2, 0.25) is 0 Å². The lowest BCUT2D eigenvalue weighted by atomic mass is 10.1. The second-order valence-electron chi connectivity index (χ2n) is 3.99. The quantitative estimate of drug-likeness (QED) is 0.788. The van der Waals surface area contributed by atoms with Crippen molar-refractivity contribution < 1.29 is 14.7 Å². The van der Waals surface area contributed by atoms with E-state index in [4.69, 9.17) is 5.11 Å². The van der Waals surface area contributed by atoms with Crippen molar-refractivity contribution in [2.75, 3.05) is 0 Å². The second kappa shape index (κ2) is 4.04. The third-order valence-corrected chi connectivity index (χ3v) is 2.73. The summed E-state index contributed by atoms with van der Waals surface area (Å²) in [6, 6.07) is 3.21. The average molecular weight is 219 g/mol. The highest BCUT2D eigenvalue weighted by molar-refractivity contribution is 6.04. The highest BCUT2D eigenvalue weighted by Crippen LogP contribution is 2.39. The van der Waals surface area contributed by atoms with Crippen LogP contribution < -0.4 is 0 Å². The Hall–Kier alpha value is -1.71. The van der Waals surface area contributed by atoms with Gasteiger partial charge >= 0.3 is 5.97 Å². The van der Waals surface area contributed by atoms with E-state index in [9.17, 15) is 9.59 Å². The first kappa shape index (κ1) is 10.8. The standard InChI is InChI=1S/C12H13NO3/c1-2-10(14)11-8(12(15)16)5-6-9(13-11)7-3-4-7/h5-7H,2-4H2,1H3,(H,15,16). The van der Waals surface area contributed by atoms with Crippen molar-refractivity contribution in [1.82, 2.24) is 4.98 Å². The van der Waals surface area contributed by atoms with E-state index in [2.05, 4.69) is 4.98 Å². The van der Waals surface area contributed by atoms with Gasteiger partial charge in [-0.1, -0.05) is 6.92 Å². The Morgan fingerprint density at radius 3 is 2.62 bits per heavy atom. The zero-order chi connectivity index (χ0) is 11.7. The maximum absolute atomic E-state index is 11.6. The minimum Gasteiger partial charge on any atom is -0.478 e. The van der Waals surface area contributed by atoms with Gasteiger partial charge in [0.05, 0.1) is 5.56 Å².